The topological polar surface area (TPSA) is 58.2 Å². The molecule has 2 aliphatic carbocycles. The predicted octanol–water partition coefficient (Wildman–Crippen LogP) is 2.69. The van der Waals surface area contributed by atoms with Crippen molar-refractivity contribution in [1.29, 1.82) is 0 Å². The summed E-state index contributed by atoms with van der Waals surface area (Å²) < 4.78 is 6.32. The van der Waals surface area contributed by atoms with Gasteiger partial charge >= 0.3 is 0 Å². The Balaban J connectivity index is 1.52. The zero-order valence-corrected chi connectivity index (χ0v) is 13.6. The van der Waals surface area contributed by atoms with E-state index < -0.39 is 0 Å². The van der Waals surface area contributed by atoms with Crippen molar-refractivity contribution in [2.24, 2.45) is 5.92 Å². The van der Waals surface area contributed by atoms with Gasteiger partial charge in [-0.25, -0.2) is 0 Å². The number of aromatic amines is 1. The van der Waals surface area contributed by atoms with Gasteiger partial charge < -0.3 is 9.64 Å². The summed E-state index contributed by atoms with van der Waals surface area (Å²) in [7, 11) is 0. The van der Waals surface area contributed by atoms with Gasteiger partial charge in [-0.05, 0) is 48.0 Å². The van der Waals surface area contributed by atoms with E-state index in [1.165, 1.54) is 12.8 Å². The first-order valence-electron chi connectivity index (χ1n) is 7.86. The molecule has 1 unspecified atom stereocenters. The fraction of sp³-hybridized carbons (Fsp3) is 0.733. The highest BCUT2D eigenvalue weighted by molar-refractivity contribution is 9.10. The minimum Gasteiger partial charge on any atom is -0.381 e. The van der Waals surface area contributed by atoms with Gasteiger partial charge in [-0.3, -0.25) is 9.89 Å². The summed E-state index contributed by atoms with van der Waals surface area (Å²) in [5, 5.41) is 7.34. The molecular formula is C15H20BrN3O2. The molecule has 114 valence electrons. The van der Waals surface area contributed by atoms with Crippen LogP contribution in [0.3, 0.4) is 0 Å². The number of rotatable bonds is 5. The van der Waals surface area contributed by atoms with Gasteiger partial charge in [0, 0.05) is 31.0 Å². The lowest BCUT2D eigenvalue weighted by Gasteiger charge is -2.24. The first-order chi connectivity index (χ1) is 10.2. The van der Waals surface area contributed by atoms with E-state index in [2.05, 4.69) is 26.1 Å². The van der Waals surface area contributed by atoms with Gasteiger partial charge in [-0.1, -0.05) is 0 Å². The van der Waals surface area contributed by atoms with E-state index >= 15 is 0 Å². The molecule has 0 spiro atoms. The molecule has 1 atom stereocenters. The quantitative estimate of drug-likeness (QED) is 0.885. The highest BCUT2D eigenvalue weighted by Crippen LogP contribution is 2.43. The van der Waals surface area contributed by atoms with Crippen LogP contribution in [-0.4, -0.2) is 46.8 Å². The number of carbonyl (C=O) groups is 1. The van der Waals surface area contributed by atoms with Crippen molar-refractivity contribution in [2.75, 3.05) is 19.8 Å². The maximum absolute atomic E-state index is 12.9. The minimum atomic E-state index is 0.0689. The Morgan fingerprint density at radius 3 is 2.76 bits per heavy atom. The number of H-pyrrole nitrogens is 1. The highest BCUT2D eigenvalue weighted by atomic mass is 79.9. The van der Waals surface area contributed by atoms with E-state index in [0.717, 1.165) is 49.2 Å². The number of halogens is 1. The van der Waals surface area contributed by atoms with Crippen LogP contribution in [0.25, 0.3) is 0 Å². The van der Waals surface area contributed by atoms with E-state index in [4.69, 9.17) is 4.74 Å². The fourth-order valence-electron chi connectivity index (χ4n) is 3.05. The van der Waals surface area contributed by atoms with Gasteiger partial charge in [0.1, 0.15) is 0 Å². The van der Waals surface area contributed by atoms with Crippen LogP contribution < -0.4 is 0 Å². The second-order valence-electron chi connectivity index (χ2n) is 6.49. The summed E-state index contributed by atoms with van der Waals surface area (Å²) in [5.41, 5.74) is 1.65. The zero-order chi connectivity index (χ0) is 14.4. The van der Waals surface area contributed by atoms with Crippen molar-refractivity contribution in [3.63, 3.8) is 0 Å². The van der Waals surface area contributed by atoms with E-state index in [-0.39, 0.29) is 5.91 Å². The van der Waals surface area contributed by atoms with Gasteiger partial charge in [-0.2, -0.15) is 5.10 Å². The standard InChI is InChI=1S/C15H20BrN3O2/c16-12-13(10-1-2-10)17-18-14(12)15(20)19(11-3-4-11)7-9-5-6-21-8-9/h9-11H,1-8H2,(H,17,18). The number of ether oxygens (including phenoxy) is 1. The smallest absolute Gasteiger partial charge is 0.275 e. The van der Waals surface area contributed by atoms with Crippen molar-refractivity contribution in [3.8, 4) is 0 Å². The van der Waals surface area contributed by atoms with Crippen molar-refractivity contribution in [1.82, 2.24) is 15.1 Å². The van der Waals surface area contributed by atoms with Crippen LogP contribution >= 0.6 is 15.9 Å². The Bertz CT molecular complexity index is 545. The third-order valence-electron chi connectivity index (χ3n) is 4.65. The Kier molecular flexibility index (Phi) is 3.53. The Morgan fingerprint density at radius 2 is 2.14 bits per heavy atom. The van der Waals surface area contributed by atoms with E-state index in [9.17, 15) is 4.79 Å². The molecule has 2 saturated carbocycles. The molecule has 1 aromatic heterocycles. The number of amides is 1. The average Bonchev–Trinajstić information content (AvgIpc) is 3.41. The number of carbonyl (C=O) groups excluding carboxylic acids is 1. The van der Waals surface area contributed by atoms with Crippen molar-refractivity contribution >= 4 is 21.8 Å². The monoisotopic (exact) mass is 353 g/mol. The summed E-state index contributed by atoms with van der Waals surface area (Å²) in [4.78, 5) is 14.9. The molecule has 1 aromatic rings. The molecule has 1 aliphatic heterocycles. The third kappa shape index (κ3) is 2.75. The van der Waals surface area contributed by atoms with Crippen molar-refractivity contribution < 1.29 is 9.53 Å². The molecule has 1 saturated heterocycles. The van der Waals surface area contributed by atoms with Crippen molar-refractivity contribution in [2.45, 2.75) is 44.1 Å². The van der Waals surface area contributed by atoms with E-state index in [1.54, 1.807) is 0 Å². The van der Waals surface area contributed by atoms with Crippen LogP contribution in [0, 0.1) is 5.92 Å². The summed E-state index contributed by atoms with van der Waals surface area (Å²) in [6.45, 7) is 2.42. The molecule has 1 amide bonds. The summed E-state index contributed by atoms with van der Waals surface area (Å²) in [6, 6.07) is 0.408. The molecular weight excluding hydrogens is 334 g/mol. The molecule has 1 N–H and O–H groups in total. The molecule has 0 bridgehead atoms. The van der Waals surface area contributed by atoms with Crippen LogP contribution in [0.15, 0.2) is 4.47 Å². The summed E-state index contributed by atoms with van der Waals surface area (Å²) in [5.74, 6) is 1.11. The van der Waals surface area contributed by atoms with Crippen LogP contribution in [0.4, 0.5) is 0 Å². The molecule has 0 radical (unpaired) electrons. The predicted molar refractivity (Wildman–Crippen MR) is 81.2 cm³/mol. The second kappa shape index (κ2) is 5.39. The molecule has 4 rings (SSSR count). The molecule has 3 aliphatic rings. The lowest BCUT2D eigenvalue weighted by Crippen LogP contribution is -2.37. The third-order valence-corrected chi connectivity index (χ3v) is 5.45. The largest absolute Gasteiger partial charge is 0.381 e. The lowest BCUT2D eigenvalue weighted by molar-refractivity contribution is 0.0699. The molecule has 5 nitrogen and oxygen atoms in total. The average molecular weight is 354 g/mol. The molecule has 0 aromatic carbocycles. The summed E-state index contributed by atoms with van der Waals surface area (Å²) >= 11 is 3.58. The number of hydrogen-bond acceptors (Lipinski definition) is 3. The normalized spacial score (nSPS) is 25.3. The SMILES string of the molecule is O=C(c1n[nH]c(C2CC2)c1Br)N(CC1CCOC1)C1CC1. The van der Waals surface area contributed by atoms with Gasteiger partial charge in [0.05, 0.1) is 16.8 Å². The van der Waals surface area contributed by atoms with E-state index in [0.29, 0.717) is 23.6 Å². The highest BCUT2D eigenvalue weighted by Gasteiger charge is 2.38. The first kappa shape index (κ1) is 13.8. The molecule has 6 heteroatoms. The van der Waals surface area contributed by atoms with Crippen LogP contribution in [0.2, 0.25) is 0 Å². The maximum Gasteiger partial charge on any atom is 0.275 e. The number of hydrogen-bond donors (Lipinski definition) is 1. The summed E-state index contributed by atoms with van der Waals surface area (Å²) in [6.07, 6.45) is 5.69. The van der Waals surface area contributed by atoms with Crippen molar-refractivity contribution in [3.05, 3.63) is 15.9 Å². The van der Waals surface area contributed by atoms with Gasteiger partial charge in [0.2, 0.25) is 0 Å². The fourth-order valence-corrected chi connectivity index (χ4v) is 3.72. The Hall–Kier alpha value is -0.880. The van der Waals surface area contributed by atoms with Crippen LogP contribution in [-0.2, 0) is 4.74 Å². The van der Waals surface area contributed by atoms with Gasteiger partial charge in [-0.15, -0.1) is 0 Å². The second-order valence-corrected chi connectivity index (χ2v) is 7.29. The van der Waals surface area contributed by atoms with E-state index in [1.807, 2.05) is 4.90 Å². The first-order valence-corrected chi connectivity index (χ1v) is 8.66. The Labute approximate surface area is 132 Å². The Morgan fingerprint density at radius 1 is 1.33 bits per heavy atom. The number of aromatic nitrogens is 2. The van der Waals surface area contributed by atoms with Crippen LogP contribution in [0.5, 0.6) is 0 Å². The maximum atomic E-state index is 12.9. The van der Waals surface area contributed by atoms with Gasteiger partial charge in [0.25, 0.3) is 5.91 Å². The zero-order valence-electron chi connectivity index (χ0n) is 12.0. The van der Waals surface area contributed by atoms with Crippen LogP contribution in [0.1, 0.15) is 54.2 Å². The number of nitrogens with zero attached hydrogens (tertiary/aromatic N) is 2. The molecule has 3 fully saturated rings. The molecule has 2 heterocycles. The lowest BCUT2D eigenvalue weighted by atomic mass is 10.1. The number of nitrogens with one attached hydrogen (secondary N) is 1. The minimum absolute atomic E-state index is 0.0689. The van der Waals surface area contributed by atoms with Gasteiger partial charge in [0.15, 0.2) is 5.69 Å². The molecule has 21 heavy (non-hydrogen) atoms.